The van der Waals surface area contributed by atoms with Crippen molar-refractivity contribution in [2.45, 2.75) is 6.42 Å². The van der Waals surface area contributed by atoms with Gasteiger partial charge in [0.05, 0.1) is 22.3 Å². The summed E-state index contributed by atoms with van der Waals surface area (Å²) in [6.45, 7) is 0. The molecule has 0 atom stereocenters. The van der Waals surface area contributed by atoms with Crippen LogP contribution in [0.3, 0.4) is 0 Å². The molecule has 4 aromatic rings. The summed E-state index contributed by atoms with van der Waals surface area (Å²) in [5.74, 6) is 0.494. The first kappa shape index (κ1) is 13.0. The van der Waals surface area contributed by atoms with Crippen molar-refractivity contribution < 1.29 is 0 Å². The van der Waals surface area contributed by atoms with Crippen molar-refractivity contribution in [3.63, 3.8) is 0 Å². The zero-order valence-electron chi connectivity index (χ0n) is 11.5. The second kappa shape index (κ2) is 4.96. The van der Waals surface area contributed by atoms with Crippen LogP contribution >= 0.6 is 11.6 Å². The van der Waals surface area contributed by atoms with Crippen LogP contribution in [0, 0.1) is 0 Å². The highest BCUT2D eigenvalue weighted by atomic mass is 35.5. The summed E-state index contributed by atoms with van der Waals surface area (Å²) < 4.78 is 0. The van der Waals surface area contributed by atoms with Gasteiger partial charge in [-0.15, -0.1) is 0 Å². The van der Waals surface area contributed by atoms with E-state index >= 15 is 0 Å². The number of nitrogen functional groups attached to an aromatic ring is 1. The number of nitrogens with zero attached hydrogens (tertiary/aromatic N) is 3. The van der Waals surface area contributed by atoms with Crippen molar-refractivity contribution in [1.82, 2.24) is 20.2 Å². The predicted molar refractivity (Wildman–Crippen MR) is 87.9 cm³/mol. The Balaban J connectivity index is 1.73. The zero-order valence-corrected chi connectivity index (χ0v) is 12.3. The summed E-state index contributed by atoms with van der Waals surface area (Å²) in [5.41, 5.74) is 9.69. The lowest BCUT2D eigenvalue weighted by atomic mass is 10.1. The summed E-state index contributed by atoms with van der Waals surface area (Å²) in [6.07, 6.45) is 4.12. The van der Waals surface area contributed by atoms with Gasteiger partial charge >= 0.3 is 0 Å². The summed E-state index contributed by atoms with van der Waals surface area (Å²) in [5, 5.41) is 9.39. The average molecular weight is 310 g/mol. The fraction of sp³-hybridized carbons (Fsp3) is 0.0625. The highest BCUT2D eigenvalue weighted by Gasteiger charge is 2.06. The minimum absolute atomic E-state index is 0.494. The number of pyridine rings is 2. The summed E-state index contributed by atoms with van der Waals surface area (Å²) in [6, 6.07) is 10.0. The van der Waals surface area contributed by atoms with Gasteiger partial charge in [-0.2, -0.15) is 5.10 Å². The number of H-pyrrole nitrogens is 1. The first-order valence-electron chi connectivity index (χ1n) is 6.82. The minimum atomic E-state index is 0.494. The highest BCUT2D eigenvalue weighted by Crippen LogP contribution is 2.22. The van der Waals surface area contributed by atoms with Crippen molar-refractivity contribution in [2.75, 3.05) is 5.73 Å². The van der Waals surface area contributed by atoms with E-state index in [1.54, 1.807) is 12.4 Å². The molecule has 0 aliphatic rings. The van der Waals surface area contributed by atoms with E-state index in [0.717, 1.165) is 33.1 Å². The van der Waals surface area contributed by atoms with Gasteiger partial charge in [-0.3, -0.25) is 15.1 Å². The van der Waals surface area contributed by atoms with Crippen molar-refractivity contribution in [3.8, 4) is 0 Å². The van der Waals surface area contributed by atoms with Gasteiger partial charge in [0.1, 0.15) is 0 Å². The third-order valence-electron chi connectivity index (χ3n) is 3.63. The van der Waals surface area contributed by atoms with Crippen LogP contribution in [0.1, 0.15) is 11.3 Å². The molecule has 0 spiro atoms. The van der Waals surface area contributed by atoms with Gasteiger partial charge in [0.25, 0.3) is 0 Å². The van der Waals surface area contributed by atoms with Gasteiger partial charge in [-0.1, -0.05) is 17.7 Å². The molecule has 1 aromatic carbocycles. The molecule has 0 aliphatic heterocycles. The molecule has 3 N–H and O–H groups in total. The Bertz CT molecular complexity index is 992. The van der Waals surface area contributed by atoms with Crippen molar-refractivity contribution in [2.24, 2.45) is 0 Å². The number of nitrogens with two attached hydrogens (primary N) is 1. The molecule has 0 radical (unpaired) electrons. The standard InChI is InChI=1S/C16H12ClN5/c17-11-5-10-3-9(1-2-14(10)20-7-11)4-12-6-13-15(8-19-12)21-22-16(13)18/h1-3,5-8H,4H2,(H3,18,21,22). The second-order valence-electron chi connectivity index (χ2n) is 5.19. The maximum atomic E-state index is 6.00. The highest BCUT2D eigenvalue weighted by molar-refractivity contribution is 6.31. The van der Waals surface area contributed by atoms with Crippen LogP contribution in [0.15, 0.2) is 42.7 Å². The quantitative estimate of drug-likeness (QED) is 0.595. The molecule has 0 unspecified atom stereocenters. The van der Waals surface area contributed by atoms with Crippen LogP contribution < -0.4 is 5.73 Å². The Labute approximate surface area is 131 Å². The average Bonchev–Trinajstić information content (AvgIpc) is 2.88. The molecule has 0 saturated heterocycles. The van der Waals surface area contributed by atoms with Crippen LogP contribution in [0.4, 0.5) is 5.82 Å². The van der Waals surface area contributed by atoms with Crippen LogP contribution in [0.2, 0.25) is 5.02 Å². The van der Waals surface area contributed by atoms with Gasteiger partial charge in [-0.05, 0) is 29.8 Å². The fourth-order valence-corrected chi connectivity index (χ4v) is 2.72. The predicted octanol–water partition coefficient (Wildman–Crippen LogP) is 3.33. The van der Waals surface area contributed by atoms with Crippen molar-refractivity contribution in [3.05, 3.63) is 59.0 Å². The smallest absolute Gasteiger partial charge is 0.153 e. The van der Waals surface area contributed by atoms with Crippen LogP contribution in [0.25, 0.3) is 21.8 Å². The lowest BCUT2D eigenvalue weighted by molar-refractivity contribution is 1.08. The Kier molecular flexibility index (Phi) is 2.94. The Morgan fingerprint density at radius 2 is 2.00 bits per heavy atom. The van der Waals surface area contributed by atoms with E-state index in [4.69, 9.17) is 17.3 Å². The van der Waals surface area contributed by atoms with Gasteiger partial charge in [0.2, 0.25) is 0 Å². The number of halogens is 1. The number of aromatic nitrogens is 4. The number of hydrogen-bond donors (Lipinski definition) is 2. The largest absolute Gasteiger partial charge is 0.382 e. The molecule has 6 heteroatoms. The molecule has 0 saturated carbocycles. The van der Waals surface area contributed by atoms with E-state index < -0.39 is 0 Å². The first-order valence-corrected chi connectivity index (χ1v) is 7.19. The van der Waals surface area contributed by atoms with E-state index in [0.29, 0.717) is 17.3 Å². The number of anilines is 1. The molecular formula is C16H12ClN5. The number of rotatable bonds is 2. The van der Waals surface area contributed by atoms with Gasteiger partial charge in [0, 0.05) is 29.1 Å². The fourth-order valence-electron chi connectivity index (χ4n) is 2.55. The van der Waals surface area contributed by atoms with Crippen LogP contribution in [-0.2, 0) is 6.42 Å². The molecular weight excluding hydrogens is 298 g/mol. The minimum Gasteiger partial charge on any atom is -0.382 e. The zero-order chi connectivity index (χ0) is 15.1. The maximum Gasteiger partial charge on any atom is 0.153 e. The molecule has 22 heavy (non-hydrogen) atoms. The first-order chi connectivity index (χ1) is 10.7. The van der Waals surface area contributed by atoms with Crippen LogP contribution in [0.5, 0.6) is 0 Å². The molecule has 0 fully saturated rings. The SMILES string of the molecule is Nc1n[nH]c2cnc(Cc3ccc4ncc(Cl)cc4c3)cc12. The van der Waals surface area contributed by atoms with Crippen molar-refractivity contribution >= 4 is 39.2 Å². The van der Waals surface area contributed by atoms with E-state index in [9.17, 15) is 0 Å². The van der Waals surface area contributed by atoms with Crippen molar-refractivity contribution in [1.29, 1.82) is 0 Å². The molecule has 0 aliphatic carbocycles. The molecule has 108 valence electrons. The molecule has 4 rings (SSSR count). The van der Waals surface area contributed by atoms with Crippen LogP contribution in [-0.4, -0.2) is 20.2 Å². The van der Waals surface area contributed by atoms with E-state index in [-0.39, 0.29) is 0 Å². The molecule has 0 amide bonds. The van der Waals surface area contributed by atoms with E-state index in [1.807, 2.05) is 24.3 Å². The summed E-state index contributed by atoms with van der Waals surface area (Å²) in [4.78, 5) is 8.74. The normalized spacial score (nSPS) is 11.3. The summed E-state index contributed by atoms with van der Waals surface area (Å²) in [7, 11) is 0. The lowest BCUT2D eigenvalue weighted by Gasteiger charge is -2.04. The topological polar surface area (TPSA) is 80.5 Å². The van der Waals surface area contributed by atoms with E-state index in [2.05, 4.69) is 26.2 Å². The van der Waals surface area contributed by atoms with Gasteiger partial charge in [-0.25, -0.2) is 0 Å². The second-order valence-corrected chi connectivity index (χ2v) is 5.62. The molecule has 3 aromatic heterocycles. The number of benzene rings is 1. The number of nitrogens with one attached hydrogen (secondary N) is 1. The lowest BCUT2D eigenvalue weighted by Crippen LogP contribution is -1.93. The Morgan fingerprint density at radius 3 is 2.91 bits per heavy atom. The molecule has 5 nitrogen and oxygen atoms in total. The Hall–Kier alpha value is -2.66. The van der Waals surface area contributed by atoms with Gasteiger partial charge < -0.3 is 5.73 Å². The molecule has 3 heterocycles. The Morgan fingerprint density at radius 1 is 1.09 bits per heavy atom. The summed E-state index contributed by atoms with van der Waals surface area (Å²) >= 11 is 6.00. The maximum absolute atomic E-state index is 6.00. The molecule has 0 bridgehead atoms. The number of hydrogen-bond acceptors (Lipinski definition) is 4. The third-order valence-corrected chi connectivity index (χ3v) is 3.84. The van der Waals surface area contributed by atoms with E-state index in [1.165, 1.54) is 0 Å². The van der Waals surface area contributed by atoms with Gasteiger partial charge in [0.15, 0.2) is 5.82 Å². The third kappa shape index (κ3) is 2.25. The monoisotopic (exact) mass is 309 g/mol. The number of aromatic amines is 1. The number of fused-ring (bicyclic) bond motifs is 2.